The molecular weight excluding hydrogens is 347 g/mol. The molecule has 27 heavy (non-hydrogen) atoms. The number of carbonyl (C=O) groups is 2. The maximum absolute atomic E-state index is 13.4. The number of fused-ring (bicyclic) bond motifs is 1. The van der Waals surface area contributed by atoms with Gasteiger partial charge in [0.15, 0.2) is 11.6 Å². The Kier molecular flexibility index (Phi) is 6.15. The van der Waals surface area contributed by atoms with Gasteiger partial charge in [-0.05, 0) is 41.0 Å². The second-order valence-corrected chi connectivity index (χ2v) is 6.10. The van der Waals surface area contributed by atoms with Crippen LogP contribution in [0.3, 0.4) is 0 Å². The molecule has 0 aliphatic carbocycles. The molecule has 0 amide bonds. The highest BCUT2D eigenvalue weighted by molar-refractivity contribution is 5.83. The topological polar surface area (TPSA) is 52.6 Å². The normalized spacial score (nSPS) is 10.6. The summed E-state index contributed by atoms with van der Waals surface area (Å²) in [5.41, 5.74) is 0.904. The standard InChI is InChI=1S/C22H19FO4/c23-19-8-3-4-9-20(19)27-22(25)11-5-10-21(24)26-15-16-12-13-17-6-1-2-7-18(17)14-16/h1-4,6-9,12-14H,5,10-11,15H2. The Bertz CT molecular complexity index is 952. The zero-order valence-electron chi connectivity index (χ0n) is 14.7. The molecular formula is C22H19FO4. The number of rotatable bonds is 7. The molecule has 0 fully saturated rings. The molecule has 3 rings (SSSR count). The highest BCUT2D eigenvalue weighted by atomic mass is 19.1. The number of hydrogen-bond donors (Lipinski definition) is 0. The van der Waals surface area contributed by atoms with Crippen LogP contribution < -0.4 is 4.74 Å². The van der Waals surface area contributed by atoms with Crippen molar-refractivity contribution in [2.45, 2.75) is 25.9 Å². The van der Waals surface area contributed by atoms with Crippen molar-refractivity contribution in [1.82, 2.24) is 0 Å². The Morgan fingerprint density at radius 3 is 2.33 bits per heavy atom. The molecule has 0 heterocycles. The van der Waals surface area contributed by atoms with E-state index in [1.54, 1.807) is 6.07 Å². The molecule has 0 aromatic heterocycles. The number of benzene rings is 3. The van der Waals surface area contributed by atoms with E-state index in [-0.39, 0.29) is 37.6 Å². The molecule has 3 aromatic carbocycles. The van der Waals surface area contributed by atoms with E-state index < -0.39 is 11.8 Å². The van der Waals surface area contributed by atoms with Gasteiger partial charge in [0.25, 0.3) is 0 Å². The van der Waals surface area contributed by atoms with Crippen molar-refractivity contribution < 1.29 is 23.5 Å². The lowest BCUT2D eigenvalue weighted by Gasteiger charge is -2.07. The van der Waals surface area contributed by atoms with Crippen LogP contribution in [-0.2, 0) is 20.9 Å². The van der Waals surface area contributed by atoms with Crippen LogP contribution in [0.2, 0.25) is 0 Å². The molecule has 138 valence electrons. The second-order valence-electron chi connectivity index (χ2n) is 6.10. The second kappa shape index (κ2) is 8.94. The number of para-hydroxylation sites is 1. The number of hydrogen-bond acceptors (Lipinski definition) is 4. The summed E-state index contributed by atoms with van der Waals surface area (Å²) in [6, 6.07) is 19.5. The van der Waals surface area contributed by atoms with Crippen molar-refractivity contribution in [2.75, 3.05) is 0 Å². The Morgan fingerprint density at radius 1 is 0.815 bits per heavy atom. The fourth-order valence-corrected chi connectivity index (χ4v) is 2.64. The monoisotopic (exact) mass is 366 g/mol. The van der Waals surface area contributed by atoms with Gasteiger partial charge in [-0.3, -0.25) is 9.59 Å². The molecule has 0 atom stereocenters. The summed E-state index contributed by atoms with van der Waals surface area (Å²) in [5.74, 6) is -1.67. The maximum atomic E-state index is 13.4. The first-order valence-corrected chi connectivity index (χ1v) is 8.70. The van der Waals surface area contributed by atoms with Gasteiger partial charge in [0.2, 0.25) is 0 Å². The van der Waals surface area contributed by atoms with Crippen molar-refractivity contribution in [3.05, 3.63) is 78.1 Å². The van der Waals surface area contributed by atoms with Crippen LogP contribution in [-0.4, -0.2) is 11.9 Å². The first kappa shape index (κ1) is 18.6. The van der Waals surface area contributed by atoms with E-state index in [1.165, 1.54) is 18.2 Å². The zero-order chi connectivity index (χ0) is 19.1. The van der Waals surface area contributed by atoms with Gasteiger partial charge < -0.3 is 9.47 Å². The molecule has 0 saturated carbocycles. The van der Waals surface area contributed by atoms with E-state index in [9.17, 15) is 14.0 Å². The minimum absolute atomic E-state index is 0.0133. The molecule has 0 saturated heterocycles. The van der Waals surface area contributed by atoms with Gasteiger partial charge in [0.1, 0.15) is 6.61 Å². The summed E-state index contributed by atoms with van der Waals surface area (Å²) < 4.78 is 23.6. The molecule has 4 nitrogen and oxygen atoms in total. The molecule has 0 aliphatic rings. The third kappa shape index (κ3) is 5.38. The zero-order valence-corrected chi connectivity index (χ0v) is 14.7. The summed E-state index contributed by atoms with van der Waals surface area (Å²) in [4.78, 5) is 23.5. The third-order valence-electron chi connectivity index (χ3n) is 4.04. The first-order chi connectivity index (χ1) is 13.1. The fraction of sp³-hybridized carbons (Fsp3) is 0.182. The third-order valence-corrected chi connectivity index (χ3v) is 4.04. The van der Waals surface area contributed by atoms with Gasteiger partial charge in [0, 0.05) is 12.8 Å². The lowest BCUT2D eigenvalue weighted by atomic mass is 10.1. The van der Waals surface area contributed by atoms with Gasteiger partial charge >= 0.3 is 11.9 Å². The summed E-state index contributed by atoms with van der Waals surface area (Å²) in [6.07, 6.45) is 0.392. The fourth-order valence-electron chi connectivity index (χ4n) is 2.64. The molecule has 3 aromatic rings. The average molecular weight is 366 g/mol. The van der Waals surface area contributed by atoms with E-state index in [0.717, 1.165) is 16.3 Å². The number of ether oxygens (including phenoxy) is 2. The van der Waals surface area contributed by atoms with Crippen LogP contribution in [0, 0.1) is 5.82 Å². The van der Waals surface area contributed by atoms with E-state index in [2.05, 4.69) is 0 Å². The number of halogens is 1. The maximum Gasteiger partial charge on any atom is 0.311 e. The highest BCUT2D eigenvalue weighted by Crippen LogP contribution is 2.17. The van der Waals surface area contributed by atoms with Crippen molar-refractivity contribution in [3.8, 4) is 5.75 Å². The van der Waals surface area contributed by atoms with Gasteiger partial charge in [-0.1, -0.05) is 48.5 Å². The Labute approximate surface area is 156 Å². The van der Waals surface area contributed by atoms with Crippen LogP contribution in [0.4, 0.5) is 4.39 Å². The predicted octanol–water partition coefficient (Wildman–Crippen LogP) is 4.80. The lowest BCUT2D eigenvalue weighted by molar-refractivity contribution is -0.145. The minimum atomic E-state index is -0.597. The predicted molar refractivity (Wildman–Crippen MR) is 99.6 cm³/mol. The number of esters is 2. The van der Waals surface area contributed by atoms with Gasteiger partial charge in [-0.25, -0.2) is 4.39 Å². The van der Waals surface area contributed by atoms with Crippen LogP contribution in [0.1, 0.15) is 24.8 Å². The number of carbonyl (C=O) groups excluding carboxylic acids is 2. The van der Waals surface area contributed by atoms with Crippen LogP contribution in [0.15, 0.2) is 66.7 Å². The van der Waals surface area contributed by atoms with Crippen LogP contribution in [0.5, 0.6) is 5.75 Å². The molecule has 0 spiro atoms. The van der Waals surface area contributed by atoms with Crippen LogP contribution in [0.25, 0.3) is 10.8 Å². The van der Waals surface area contributed by atoms with Crippen LogP contribution >= 0.6 is 0 Å². The summed E-state index contributed by atoms with van der Waals surface area (Å²) in [6.45, 7) is 0.184. The van der Waals surface area contributed by atoms with Crippen molar-refractivity contribution >= 4 is 22.7 Å². The lowest BCUT2D eigenvalue weighted by Crippen LogP contribution is -2.10. The van der Waals surface area contributed by atoms with Gasteiger partial charge in [-0.2, -0.15) is 0 Å². The van der Waals surface area contributed by atoms with Crippen molar-refractivity contribution in [3.63, 3.8) is 0 Å². The van der Waals surface area contributed by atoms with Crippen molar-refractivity contribution in [1.29, 1.82) is 0 Å². The first-order valence-electron chi connectivity index (χ1n) is 8.70. The minimum Gasteiger partial charge on any atom is -0.461 e. The summed E-state index contributed by atoms with van der Waals surface area (Å²) in [7, 11) is 0. The Hall–Kier alpha value is -3.21. The summed E-state index contributed by atoms with van der Waals surface area (Å²) >= 11 is 0. The molecule has 0 N–H and O–H groups in total. The Balaban J connectivity index is 1.40. The van der Waals surface area contributed by atoms with Gasteiger partial charge in [-0.15, -0.1) is 0 Å². The largest absolute Gasteiger partial charge is 0.461 e. The molecule has 0 bridgehead atoms. The Morgan fingerprint density at radius 2 is 1.52 bits per heavy atom. The van der Waals surface area contributed by atoms with E-state index >= 15 is 0 Å². The van der Waals surface area contributed by atoms with Crippen molar-refractivity contribution in [2.24, 2.45) is 0 Å². The molecule has 0 radical (unpaired) electrons. The molecule has 0 aliphatic heterocycles. The smallest absolute Gasteiger partial charge is 0.311 e. The quantitative estimate of drug-likeness (QED) is 0.445. The van der Waals surface area contributed by atoms with E-state index in [1.807, 2.05) is 42.5 Å². The van der Waals surface area contributed by atoms with E-state index in [0.29, 0.717) is 0 Å². The molecule has 5 heteroatoms. The van der Waals surface area contributed by atoms with E-state index in [4.69, 9.17) is 9.47 Å². The highest BCUT2D eigenvalue weighted by Gasteiger charge is 2.11. The SMILES string of the molecule is O=C(CCCC(=O)Oc1ccccc1F)OCc1ccc2ccccc2c1. The summed E-state index contributed by atoms with van der Waals surface area (Å²) in [5, 5.41) is 2.21. The van der Waals surface area contributed by atoms with Gasteiger partial charge in [0.05, 0.1) is 0 Å². The molecule has 0 unspecified atom stereocenters. The average Bonchev–Trinajstić information content (AvgIpc) is 2.68.